The molecule has 1 atom stereocenters. The van der Waals surface area contributed by atoms with Gasteiger partial charge in [-0.1, -0.05) is 30.3 Å². The van der Waals surface area contributed by atoms with Crippen LogP contribution in [0.15, 0.2) is 30.3 Å². The van der Waals surface area contributed by atoms with Crippen LogP contribution in [0.3, 0.4) is 0 Å². The lowest BCUT2D eigenvalue weighted by molar-refractivity contribution is 0.0561. The Morgan fingerprint density at radius 2 is 1.65 bits per heavy atom. The minimum atomic E-state index is 0. The van der Waals surface area contributed by atoms with Crippen LogP contribution >= 0.6 is 12.4 Å². The summed E-state index contributed by atoms with van der Waals surface area (Å²) in [5.74, 6) is 0. The fourth-order valence-electron chi connectivity index (χ4n) is 4.01. The molecule has 0 bridgehead atoms. The number of nitrogens with two attached hydrogens (primary N) is 1. The first-order valence-corrected chi connectivity index (χ1v) is 9.74. The third kappa shape index (κ3) is 6.19. The van der Waals surface area contributed by atoms with Crippen LogP contribution in [-0.2, 0) is 4.74 Å². The fraction of sp³-hybridized carbons (Fsp3) is 0.700. The molecule has 2 saturated heterocycles. The van der Waals surface area contributed by atoms with Crippen LogP contribution in [0.4, 0.5) is 0 Å². The maximum Gasteiger partial charge on any atom is 0.0589 e. The molecule has 148 valence electrons. The molecule has 3 rings (SSSR count). The van der Waals surface area contributed by atoms with E-state index in [0.717, 1.165) is 71.8 Å². The predicted octanol–water partition coefficient (Wildman–Crippen LogP) is 1.84. The maximum atomic E-state index is 6.08. The highest BCUT2D eigenvalue weighted by atomic mass is 35.5. The molecule has 1 aromatic rings. The molecular formula is C20H35ClN4O. The quantitative estimate of drug-likeness (QED) is 0.779. The van der Waals surface area contributed by atoms with Gasteiger partial charge in [-0.2, -0.15) is 0 Å². The third-order valence-electron chi connectivity index (χ3n) is 5.71. The number of rotatable bonds is 7. The van der Waals surface area contributed by atoms with Gasteiger partial charge in [-0.05, 0) is 31.5 Å². The minimum Gasteiger partial charge on any atom is -0.383 e. The highest BCUT2D eigenvalue weighted by Crippen LogP contribution is 2.24. The molecule has 0 aromatic heterocycles. The summed E-state index contributed by atoms with van der Waals surface area (Å²) in [7, 11) is 1.78. The molecule has 0 aliphatic carbocycles. The average molecular weight is 383 g/mol. The average Bonchev–Trinajstić information content (AvgIpc) is 2.67. The largest absolute Gasteiger partial charge is 0.383 e. The van der Waals surface area contributed by atoms with E-state index < -0.39 is 0 Å². The van der Waals surface area contributed by atoms with Crippen molar-refractivity contribution in [2.75, 3.05) is 66.1 Å². The van der Waals surface area contributed by atoms with Crippen LogP contribution in [-0.4, -0.2) is 86.8 Å². The van der Waals surface area contributed by atoms with Crippen molar-refractivity contribution in [2.24, 2.45) is 5.73 Å². The van der Waals surface area contributed by atoms with Crippen LogP contribution in [0.25, 0.3) is 0 Å². The highest BCUT2D eigenvalue weighted by molar-refractivity contribution is 5.85. The van der Waals surface area contributed by atoms with Crippen molar-refractivity contribution >= 4 is 12.4 Å². The Hall–Kier alpha value is -0.690. The van der Waals surface area contributed by atoms with E-state index in [9.17, 15) is 0 Å². The summed E-state index contributed by atoms with van der Waals surface area (Å²) in [5, 5.41) is 0. The lowest BCUT2D eigenvalue weighted by atomic mass is 10.0. The Bertz CT molecular complexity index is 488. The van der Waals surface area contributed by atoms with Crippen LogP contribution in [0, 0.1) is 0 Å². The molecule has 2 N–H and O–H groups in total. The summed E-state index contributed by atoms with van der Waals surface area (Å²) < 4.78 is 5.23. The molecule has 0 saturated carbocycles. The van der Waals surface area contributed by atoms with E-state index >= 15 is 0 Å². The zero-order valence-electron chi connectivity index (χ0n) is 16.1. The molecule has 26 heavy (non-hydrogen) atoms. The number of hydrogen-bond donors (Lipinski definition) is 1. The topological polar surface area (TPSA) is 45.0 Å². The normalized spacial score (nSPS) is 22.1. The van der Waals surface area contributed by atoms with E-state index in [-0.39, 0.29) is 12.4 Å². The minimum absolute atomic E-state index is 0. The van der Waals surface area contributed by atoms with E-state index in [4.69, 9.17) is 10.5 Å². The molecule has 0 spiro atoms. The summed E-state index contributed by atoms with van der Waals surface area (Å²) in [5.41, 5.74) is 7.53. The van der Waals surface area contributed by atoms with E-state index in [2.05, 4.69) is 45.0 Å². The van der Waals surface area contributed by atoms with Crippen molar-refractivity contribution in [1.82, 2.24) is 14.7 Å². The van der Waals surface area contributed by atoms with E-state index in [0.29, 0.717) is 12.1 Å². The summed E-state index contributed by atoms with van der Waals surface area (Å²) in [6, 6.07) is 11.9. The van der Waals surface area contributed by atoms with Crippen LogP contribution < -0.4 is 5.73 Å². The number of hydrogen-bond acceptors (Lipinski definition) is 5. The van der Waals surface area contributed by atoms with Crippen molar-refractivity contribution in [3.8, 4) is 0 Å². The zero-order valence-corrected chi connectivity index (χ0v) is 16.9. The Balaban J connectivity index is 0.00000243. The van der Waals surface area contributed by atoms with Gasteiger partial charge in [-0.15, -0.1) is 12.4 Å². The number of halogens is 1. The van der Waals surface area contributed by atoms with Gasteiger partial charge >= 0.3 is 0 Å². The summed E-state index contributed by atoms with van der Waals surface area (Å²) in [4.78, 5) is 7.80. The van der Waals surface area contributed by atoms with Crippen LogP contribution in [0.1, 0.15) is 24.4 Å². The Kier molecular flexibility index (Phi) is 9.33. The van der Waals surface area contributed by atoms with Crippen molar-refractivity contribution in [1.29, 1.82) is 0 Å². The van der Waals surface area contributed by atoms with Gasteiger partial charge < -0.3 is 15.4 Å². The van der Waals surface area contributed by atoms with Crippen LogP contribution in [0.5, 0.6) is 0 Å². The summed E-state index contributed by atoms with van der Waals surface area (Å²) >= 11 is 0. The summed E-state index contributed by atoms with van der Waals surface area (Å²) in [6.07, 6.45) is 2.26. The van der Waals surface area contributed by atoms with Gasteiger partial charge in [0.25, 0.3) is 0 Å². The first-order valence-electron chi connectivity index (χ1n) is 9.74. The predicted molar refractivity (Wildman–Crippen MR) is 110 cm³/mol. The smallest absolute Gasteiger partial charge is 0.0589 e. The van der Waals surface area contributed by atoms with E-state index in [1.165, 1.54) is 5.56 Å². The Labute approximate surface area is 164 Å². The molecule has 2 aliphatic rings. The number of methoxy groups -OCH3 is 1. The third-order valence-corrected chi connectivity index (χ3v) is 5.71. The number of likely N-dealkylation sites (tertiary alicyclic amines) is 1. The lowest BCUT2D eigenvalue weighted by Crippen LogP contribution is -2.51. The first kappa shape index (κ1) is 21.6. The van der Waals surface area contributed by atoms with Gasteiger partial charge in [0.2, 0.25) is 0 Å². The monoisotopic (exact) mass is 382 g/mol. The van der Waals surface area contributed by atoms with Crippen LogP contribution in [0.2, 0.25) is 0 Å². The van der Waals surface area contributed by atoms with Crippen molar-refractivity contribution < 1.29 is 4.74 Å². The Morgan fingerprint density at radius 1 is 1.00 bits per heavy atom. The zero-order chi connectivity index (χ0) is 17.5. The number of piperazine rings is 1. The first-order chi connectivity index (χ1) is 12.3. The molecule has 2 aliphatic heterocycles. The van der Waals surface area contributed by atoms with Gasteiger partial charge in [-0.3, -0.25) is 9.80 Å². The second-order valence-corrected chi connectivity index (χ2v) is 7.43. The van der Waals surface area contributed by atoms with Gasteiger partial charge in [0.15, 0.2) is 0 Å². The molecule has 2 heterocycles. The lowest BCUT2D eigenvalue weighted by Gasteiger charge is -2.42. The van der Waals surface area contributed by atoms with Gasteiger partial charge in [0.1, 0.15) is 0 Å². The molecule has 0 amide bonds. The second kappa shape index (κ2) is 11.2. The van der Waals surface area contributed by atoms with Crippen molar-refractivity contribution in [2.45, 2.75) is 24.9 Å². The maximum absolute atomic E-state index is 6.08. The molecule has 2 fully saturated rings. The number of ether oxygens (including phenoxy) is 1. The van der Waals surface area contributed by atoms with Gasteiger partial charge in [0, 0.05) is 58.5 Å². The molecule has 5 nitrogen and oxygen atoms in total. The molecule has 1 unspecified atom stereocenters. The van der Waals surface area contributed by atoms with Crippen molar-refractivity contribution in [3.63, 3.8) is 0 Å². The van der Waals surface area contributed by atoms with E-state index in [1.54, 1.807) is 7.11 Å². The second-order valence-electron chi connectivity index (χ2n) is 7.43. The highest BCUT2D eigenvalue weighted by Gasteiger charge is 2.27. The van der Waals surface area contributed by atoms with Gasteiger partial charge in [-0.25, -0.2) is 0 Å². The van der Waals surface area contributed by atoms with Crippen molar-refractivity contribution in [3.05, 3.63) is 35.9 Å². The standard InChI is InChI=1S/C20H34N4O.ClH/c1-25-16-15-22-11-13-24(14-12-22)20(18-5-3-2-4-6-18)17-23-9-7-19(21)8-10-23;/h2-6,19-20H,7-17,21H2,1H3;1H. The van der Waals surface area contributed by atoms with E-state index in [1.807, 2.05) is 0 Å². The number of benzene rings is 1. The fourth-order valence-corrected chi connectivity index (χ4v) is 4.01. The summed E-state index contributed by atoms with van der Waals surface area (Å²) in [6.45, 7) is 9.81. The molecular weight excluding hydrogens is 348 g/mol. The number of piperidine rings is 1. The van der Waals surface area contributed by atoms with Gasteiger partial charge in [0.05, 0.1) is 6.61 Å². The molecule has 0 radical (unpaired) electrons. The Morgan fingerprint density at radius 3 is 2.27 bits per heavy atom. The SMILES string of the molecule is COCCN1CCN(C(CN2CCC(N)CC2)c2ccccc2)CC1.Cl. The number of nitrogens with zero attached hydrogens (tertiary/aromatic N) is 3. The molecule has 1 aromatic carbocycles. The molecule has 6 heteroatoms.